The van der Waals surface area contributed by atoms with Gasteiger partial charge in [-0.2, -0.15) is 10.5 Å². The first-order valence-electron chi connectivity index (χ1n) is 5.81. The fourth-order valence-electron chi connectivity index (χ4n) is 2.28. The molecule has 1 saturated carbocycles. The van der Waals surface area contributed by atoms with E-state index in [0.717, 1.165) is 12.8 Å². The van der Waals surface area contributed by atoms with Gasteiger partial charge in [-0.3, -0.25) is 4.79 Å². The second kappa shape index (κ2) is 5.50. The van der Waals surface area contributed by atoms with Crippen LogP contribution in [0.5, 0.6) is 0 Å². The van der Waals surface area contributed by atoms with Crippen LogP contribution in [0.15, 0.2) is 11.1 Å². The van der Waals surface area contributed by atoms with Gasteiger partial charge in [-0.1, -0.05) is 6.42 Å². The molecule has 90 valence electrons. The van der Waals surface area contributed by atoms with Gasteiger partial charge in [0.25, 0.3) is 0 Å². The Hall–Kier alpha value is -1.81. The first-order valence-corrected chi connectivity index (χ1v) is 5.81. The van der Waals surface area contributed by atoms with E-state index in [9.17, 15) is 4.79 Å². The highest BCUT2D eigenvalue weighted by atomic mass is 16.5. The van der Waals surface area contributed by atoms with Crippen LogP contribution in [0, 0.1) is 28.1 Å². The lowest BCUT2D eigenvalue weighted by Gasteiger charge is -2.34. The van der Waals surface area contributed by atoms with Crippen LogP contribution < -0.4 is 0 Å². The van der Waals surface area contributed by atoms with Gasteiger partial charge in [0.2, 0.25) is 0 Å². The third-order valence-electron chi connectivity index (χ3n) is 3.27. The van der Waals surface area contributed by atoms with E-state index in [1.54, 1.807) is 13.8 Å². The Balaban J connectivity index is 3.19. The maximum atomic E-state index is 12.0. The molecular formula is C13H16N2O2. The van der Waals surface area contributed by atoms with Crippen molar-refractivity contribution in [1.29, 1.82) is 10.5 Å². The molecule has 1 unspecified atom stereocenters. The summed E-state index contributed by atoms with van der Waals surface area (Å²) in [6.07, 6.45) is 3.11. The zero-order valence-corrected chi connectivity index (χ0v) is 10.2. The van der Waals surface area contributed by atoms with Gasteiger partial charge >= 0.3 is 5.97 Å². The van der Waals surface area contributed by atoms with Crippen molar-refractivity contribution in [3.05, 3.63) is 11.1 Å². The smallest absolute Gasteiger partial charge is 0.315 e. The van der Waals surface area contributed by atoms with Gasteiger partial charge < -0.3 is 4.74 Å². The number of hydrogen-bond donors (Lipinski definition) is 0. The van der Waals surface area contributed by atoms with E-state index in [0.29, 0.717) is 25.0 Å². The molecule has 0 heterocycles. The van der Waals surface area contributed by atoms with Crippen LogP contribution in [-0.4, -0.2) is 12.6 Å². The Kier molecular flexibility index (Phi) is 4.29. The summed E-state index contributed by atoms with van der Waals surface area (Å²) in [6.45, 7) is 3.84. The van der Waals surface area contributed by atoms with Crippen LogP contribution >= 0.6 is 0 Å². The summed E-state index contributed by atoms with van der Waals surface area (Å²) < 4.78 is 5.06. The van der Waals surface area contributed by atoms with E-state index < -0.39 is 5.41 Å². The first-order chi connectivity index (χ1) is 8.10. The molecule has 0 spiro atoms. The Bertz CT molecular complexity index is 410. The van der Waals surface area contributed by atoms with Crippen molar-refractivity contribution < 1.29 is 9.53 Å². The van der Waals surface area contributed by atoms with Crippen LogP contribution in [0.3, 0.4) is 0 Å². The summed E-state index contributed by atoms with van der Waals surface area (Å²) in [5.74, 6) is -0.322. The van der Waals surface area contributed by atoms with E-state index in [1.165, 1.54) is 0 Å². The lowest BCUT2D eigenvalue weighted by Crippen LogP contribution is -2.35. The standard InChI is InChI=1S/C13H16N2O2/c1-3-17-12(16)13(2)7-5-4-6-11(13)10(8-14)9-15/h3-7H2,1-2H3. The van der Waals surface area contributed by atoms with Crippen LogP contribution in [0.2, 0.25) is 0 Å². The molecule has 0 saturated heterocycles. The predicted molar refractivity (Wildman–Crippen MR) is 61.5 cm³/mol. The number of allylic oxidation sites excluding steroid dienone is 1. The molecule has 1 aliphatic rings. The van der Waals surface area contributed by atoms with Crippen molar-refractivity contribution in [3.8, 4) is 12.1 Å². The predicted octanol–water partition coefficient (Wildman–Crippen LogP) is 2.47. The number of nitrogens with zero attached hydrogens (tertiary/aromatic N) is 2. The normalized spacial score (nSPS) is 23.4. The second-order valence-electron chi connectivity index (χ2n) is 4.34. The van der Waals surface area contributed by atoms with Gasteiger partial charge in [-0.05, 0) is 38.7 Å². The van der Waals surface area contributed by atoms with Gasteiger partial charge in [0.1, 0.15) is 17.7 Å². The van der Waals surface area contributed by atoms with Crippen LogP contribution in [0.25, 0.3) is 0 Å². The van der Waals surface area contributed by atoms with Crippen LogP contribution in [0.4, 0.5) is 0 Å². The van der Waals surface area contributed by atoms with Gasteiger partial charge in [-0.25, -0.2) is 0 Å². The monoisotopic (exact) mass is 232 g/mol. The van der Waals surface area contributed by atoms with Crippen LogP contribution in [-0.2, 0) is 9.53 Å². The quantitative estimate of drug-likeness (QED) is 0.541. The molecule has 1 fully saturated rings. The van der Waals surface area contributed by atoms with E-state index in [2.05, 4.69) is 0 Å². The molecule has 0 aromatic heterocycles. The Morgan fingerprint density at radius 3 is 2.59 bits per heavy atom. The summed E-state index contributed by atoms with van der Waals surface area (Å²) in [7, 11) is 0. The fourth-order valence-corrected chi connectivity index (χ4v) is 2.28. The number of carbonyl (C=O) groups excluding carboxylic acids is 1. The summed E-state index contributed by atoms with van der Waals surface area (Å²) in [5, 5.41) is 17.9. The third-order valence-corrected chi connectivity index (χ3v) is 3.27. The van der Waals surface area contributed by atoms with Gasteiger partial charge in [0.15, 0.2) is 0 Å². The van der Waals surface area contributed by atoms with Gasteiger partial charge in [-0.15, -0.1) is 0 Å². The van der Waals surface area contributed by atoms with E-state index in [1.807, 2.05) is 12.1 Å². The summed E-state index contributed by atoms with van der Waals surface area (Å²) in [6, 6.07) is 3.77. The van der Waals surface area contributed by atoms with Crippen molar-refractivity contribution in [2.45, 2.75) is 39.5 Å². The second-order valence-corrected chi connectivity index (χ2v) is 4.34. The van der Waals surface area contributed by atoms with E-state index in [4.69, 9.17) is 15.3 Å². The molecule has 17 heavy (non-hydrogen) atoms. The van der Waals surface area contributed by atoms with Crippen molar-refractivity contribution in [3.63, 3.8) is 0 Å². The summed E-state index contributed by atoms with van der Waals surface area (Å²) >= 11 is 0. The first kappa shape index (κ1) is 13.3. The largest absolute Gasteiger partial charge is 0.465 e. The maximum Gasteiger partial charge on any atom is 0.315 e. The van der Waals surface area contributed by atoms with Gasteiger partial charge in [0, 0.05) is 0 Å². The molecule has 0 amide bonds. The van der Waals surface area contributed by atoms with Crippen molar-refractivity contribution in [2.24, 2.45) is 5.41 Å². The number of rotatable bonds is 2. The Morgan fingerprint density at radius 1 is 1.41 bits per heavy atom. The molecule has 1 rings (SSSR count). The third kappa shape index (κ3) is 2.47. The fraction of sp³-hybridized carbons (Fsp3) is 0.615. The number of esters is 1. The minimum atomic E-state index is -0.797. The summed E-state index contributed by atoms with van der Waals surface area (Å²) in [5.41, 5.74) is -0.0813. The lowest BCUT2D eigenvalue weighted by atomic mass is 9.70. The average Bonchev–Trinajstić information content (AvgIpc) is 2.33. The molecule has 0 N–H and O–H groups in total. The number of nitriles is 2. The minimum absolute atomic E-state index is 0.0697. The highest BCUT2D eigenvalue weighted by Crippen LogP contribution is 2.43. The number of carbonyl (C=O) groups is 1. The van der Waals surface area contributed by atoms with Gasteiger partial charge in [0.05, 0.1) is 12.0 Å². The SMILES string of the molecule is CCOC(=O)C1(C)CCCCC1=C(C#N)C#N. The number of hydrogen-bond acceptors (Lipinski definition) is 4. The number of ether oxygens (including phenoxy) is 1. The average molecular weight is 232 g/mol. The Morgan fingerprint density at radius 2 is 2.06 bits per heavy atom. The van der Waals surface area contributed by atoms with Crippen molar-refractivity contribution >= 4 is 5.97 Å². The molecular weight excluding hydrogens is 216 g/mol. The molecule has 0 aromatic rings. The molecule has 0 aromatic carbocycles. The lowest BCUT2D eigenvalue weighted by molar-refractivity contribution is -0.153. The van der Waals surface area contributed by atoms with E-state index in [-0.39, 0.29) is 11.5 Å². The Labute approximate surface area is 101 Å². The summed E-state index contributed by atoms with van der Waals surface area (Å²) in [4.78, 5) is 12.0. The van der Waals surface area contributed by atoms with Crippen LogP contribution in [0.1, 0.15) is 39.5 Å². The molecule has 4 heteroatoms. The molecule has 0 aliphatic heterocycles. The highest BCUT2D eigenvalue weighted by molar-refractivity contribution is 5.81. The minimum Gasteiger partial charge on any atom is -0.465 e. The molecule has 4 nitrogen and oxygen atoms in total. The van der Waals surface area contributed by atoms with Crippen molar-refractivity contribution in [1.82, 2.24) is 0 Å². The molecule has 0 bridgehead atoms. The molecule has 0 radical (unpaired) electrons. The van der Waals surface area contributed by atoms with Crippen molar-refractivity contribution in [2.75, 3.05) is 6.61 Å². The molecule has 1 aliphatic carbocycles. The zero-order chi connectivity index (χ0) is 12.9. The molecule has 1 atom stereocenters. The van der Waals surface area contributed by atoms with E-state index >= 15 is 0 Å². The maximum absolute atomic E-state index is 12.0. The highest BCUT2D eigenvalue weighted by Gasteiger charge is 2.41. The topological polar surface area (TPSA) is 73.9 Å². The zero-order valence-electron chi connectivity index (χ0n) is 10.2.